The summed E-state index contributed by atoms with van der Waals surface area (Å²) >= 11 is 0. The number of nitrogens with one attached hydrogen (secondary N) is 2. The van der Waals surface area contributed by atoms with E-state index in [0.29, 0.717) is 11.0 Å². The van der Waals surface area contributed by atoms with Crippen molar-refractivity contribution in [2.24, 2.45) is 0 Å². The molecule has 0 spiro atoms. The van der Waals surface area contributed by atoms with Crippen molar-refractivity contribution in [3.8, 4) is 0 Å². The average Bonchev–Trinajstić information content (AvgIpc) is 3.23. The lowest BCUT2D eigenvalue weighted by Crippen LogP contribution is -2.57. The summed E-state index contributed by atoms with van der Waals surface area (Å²) in [6.45, 7) is -0.812. The molecule has 0 fully saturated rings. The molecule has 0 saturated carbocycles. The van der Waals surface area contributed by atoms with Crippen molar-refractivity contribution in [2.45, 2.75) is 11.3 Å². The van der Waals surface area contributed by atoms with Gasteiger partial charge in [0.1, 0.15) is 12.1 Å². The number of aliphatic carboxylic acids is 1. The molecule has 0 bridgehead atoms. The molecule has 1 unspecified atom stereocenters. The Morgan fingerprint density at radius 1 is 1.06 bits per heavy atom. The van der Waals surface area contributed by atoms with Crippen LogP contribution >= 0.6 is 0 Å². The van der Waals surface area contributed by atoms with Crippen LogP contribution in [-0.2, 0) is 14.8 Å². The normalized spacial score (nSPS) is 18.3. The zero-order valence-electron chi connectivity index (χ0n) is 16.8. The van der Waals surface area contributed by atoms with Crippen LogP contribution in [0.1, 0.15) is 22.5 Å². The van der Waals surface area contributed by atoms with E-state index >= 15 is 0 Å². The van der Waals surface area contributed by atoms with Gasteiger partial charge in [-0.05, 0) is 29.3 Å². The molecule has 1 aromatic heterocycles. The maximum atomic E-state index is 13.1. The fourth-order valence-corrected chi connectivity index (χ4v) is 4.81. The molecule has 3 N–H and O–H groups in total. The first kappa shape index (κ1) is 21.5. The Bertz CT molecular complexity index is 1310. The van der Waals surface area contributed by atoms with Gasteiger partial charge in [0.25, 0.3) is 5.91 Å². The fraction of sp³-hybridized carbons (Fsp3) is 0.130. The monoisotopic (exact) mass is 452 g/mol. The number of carboxylic acids is 1. The van der Waals surface area contributed by atoms with Gasteiger partial charge in [0.05, 0.1) is 0 Å². The van der Waals surface area contributed by atoms with Crippen molar-refractivity contribution in [2.75, 3.05) is 6.54 Å². The van der Waals surface area contributed by atoms with Crippen LogP contribution in [0.3, 0.4) is 0 Å². The average molecular weight is 452 g/mol. The fourth-order valence-electron chi connectivity index (χ4n) is 3.46. The minimum atomic E-state index is -4.31. The van der Waals surface area contributed by atoms with Crippen molar-refractivity contribution in [1.29, 1.82) is 0 Å². The molecule has 0 aliphatic heterocycles. The quantitative estimate of drug-likeness (QED) is 0.506. The lowest BCUT2D eigenvalue weighted by Gasteiger charge is -2.32. The minimum Gasteiger partial charge on any atom is -0.480 e. The number of hydrogen-bond donors (Lipinski definition) is 3. The summed E-state index contributed by atoms with van der Waals surface area (Å²) in [5.41, 5.74) is 2.16. The zero-order valence-corrected chi connectivity index (χ0v) is 17.6. The second-order valence-corrected chi connectivity index (χ2v) is 9.30. The van der Waals surface area contributed by atoms with Crippen molar-refractivity contribution in [1.82, 2.24) is 10.0 Å². The first-order valence-electron chi connectivity index (χ1n) is 9.77. The largest absolute Gasteiger partial charge is 0.480 e. The van der Waals surface area contributed by atoms with Crippen LogP contribution < -0.4 is 10.0 Å². The Kier molecular flexibility index (Phi) is 5.68. The summed E-state index contributed by atoms with van der Waals surface area (Å²) in [6.07, 6.45) is 4.54. The maximum absolute atomic E-state index is 13.1. The van der Waals surface area contributed by atoms with Crippen LogP contribution in [0.4, 0.5) is 0 Å². The molecule has 9 heteroatoms. The predicted octanol–water partition coefficient (Wildman–Crippen LogP) is 2.91. The number of para-hydroxylation sites is 1. The third-order valence-electron chi connectivity index (χ3n) is 5.13. The molecular weight excluding hydrogens is 432 g/mol. The van der Waals surface area contributed by atoms with Crippen molar-refractivity contribution < 1.29 is 27.5 Å². The molecule has 0 saturated heterocycles. The summed E-state index contributed by atoms with van der Waals surface area (Å²) in [7, 11) is -4.31. The first-order valence-corrected chi connectivity index (χ1v) is 11.2. The van der Waals surface area contributed by atoms with E-state index < -0.39 is 33.3 Å². The van der Waals surface area contributed by atoms with Crippen LogP contribution in [0, 0.1) is 0 Å². The number of fused-ring (bicyclic) bond motifs is 1. The summed E-state index contributed by atoms with van der Waals surface area (Å²) in [4.78, 5) is 22.0. The van der Waals surface area contributed by atoms with E-state index in [-0.39, 0.29) is 12.2 Å². The Balaban J connectivity index is 1.67. The van der Waals surface area contributed by atoms with Crippen molar-refractivity contribution in [3.63, 3.8) is 0 Å². The lowest BCUT2D eigenvalue weighted by molar-refractivity contribution is -0.135. The van der Waals surface area contributed by atoms with Gasteiger partial charge in [0.2, 0.25) is 10.0 Å². The van der Waals surface area contributed by atoms with E-state index in [9.17, 15) is 18.0 Å². The van der Waals surface area contributed by atoms with Gasteiger partial charge in [-0.2, -0.15) is 0 Å². The molecule has 0 radical (unpaired) electrons. The third kappa shape index (κ3) is 4.20. The smallest absolute Gasteiger partial charge is 0.318 e. The number of carbonyl (C=O) groups is 2. The van der Waals surface area contributed by atoms with E-state index in [0.717, 1.165) is 11.1 Å². The number of furan rings is 1. The molecule has 3 aromatic rings. The number of hydrogen-bond acceptors (Lipinski definition) is 5. The zero-order chi connectivity index (χ0) is 22.8. The van der Waals surface area contributed by atoms with Gasteiger partial charge in [-0.1, -0.05) is 60.7 Å². The summed E-state index contributed by atoms with van der Waals surface area (Å²) < 4.78 is 33.8. The second kappa shape index (κ2) is 8.45. The molecule has 1 amide bonds. The van der Waals surface area contributed by atoms with Crippen LogP contribution in [0.25, 0.3) is 16.5 Å². The van der Waals surface area contributed by atoms with E-state index in [2.05, 4.69) is 10.0 Å². The number of benzene rings is 2. The molecule has 1 heterocycles. The van der Waals surface area contributed by atoms with Crippen molar-refractivity contribution in [3.05, 3.63) is 90.2 Å². The summed E-state index contributed by atoms with van der Waals surface area (Å²) in [5, 5.41) is 12.2. The first-order chi connectivity index (χ1) is 15.3. The number of amides is 1. The molecule has 4 rings (SSSR count). The number of carboxylic acid groups (broad SMARTS) is 1. The van der Waals surface area contributed by atoms with Crippen LogP contribution in [0.15, 0.2) is 83.3 Å². The topological polar surface area (TPSA) is 126 Å². The van der Waals surface area contributed by atoms with Gasteiger partial charge in [-0.3, -0.25) is 9.59 Å². The van der Waals surface area contributed by atoms with E-state index in [1.54, 1.807) is 36.4 Å². The number of carbonyl (C=O) groups excluding carboxylic acids is 1. The van der Waals surface area contributed by atoms with Gasteiger partial charge >= 0.3 is 5.97 Å². The molecule has 164 valence electrons. The van der Waals surface area contributed by atoms with Gasteiger partial charge in [-0.25, -0.2) is 13.1 Å². The maximum Gasteiger partial charge on any atom is 0.318 e. The summed E-state index contributed by atoms with van der Waals surface area (Å²) in [6, 6.07) is 17.9. The van der Waals surface area contributed by atoms with Crippen LogP contribution in [0.5, 0.6) is 0 Å². The molecule has 1 atom stereocenters. The second-order valence-electron chi connectivity index (χ2n) is 7.27. The number of sulfonamides is 1. The van der Waals surface area contributed by atoms with Crippen LogP contribution in [-0.4, -0.2) is 36.8 Å². The molecule has 1 aliphatic rings. The predicted molar refractivity (Wildman–Crippen MR) is 119 cm³/mol. The highest BCUT2D eigenvalue weighted by atomic mass is 32.2. The van der Waals surface area contributed by atoms with Gasteiger partial charge in [0, 0.05) is 11.8 Å². The Hall–Kier alpha value is -3.69. The highest BCUT2D eigenvalue weighted by molar-refractivity contribution is 7.91. The number of allylic oxidation sites excluding steroid dienone is 2. The summed E-state index contributed by atoms with van der Waals surface area (Å²) in [5.74, 6) is -2.12. The molecule has 8 nitrogen and oxygen atoms in total. The standard InChI is InChI=1S/C23H20N2O6S/c26-21(27)15-24-32(29,30)23(12-10-17(11-13-23)16-6-2-1-3-7-16)25-22(28)20-14-18-8-4-5-9-19(18)31-20/h1-12,14,24H,13,15H2,(H,25,28)(H,26,27). The van der Waals surface area contributed by atoms with E-state index in [1.165, 1.54) is 12.1 Å². The Morgan fingerprint density at radius 3 is 2.44 bits per heavy atom. The lowest BCUT2D eigenvalue weighted by atomic mass is 9.96. The Labute approximate surface area is 184 Å². The van der Waals surface area contributed by atoms with Crippen LogP contribution in [0.2, 0.25) is 0 Å². The SMILES string of the molecule is O=C(O)CNS(=O)(=O)C1(NC(=O)c2cc3ccccc3o2)C=CC(c2ccccc2)=CC1. The van der Waals surface area contributed by atoms with Gasteiger partial charge < -0.3 is 14.8 Å². The molecule has 32 heavy (non-hydrogen) atoms. The van der Waals surface area contributed by atoms with Crippen molar-refractivity contribution >= 4 is 38.4 Å². The molecule has 1 aliphatic carbocycles. The Morgan fingerprint density at radius 2 is 1.78 bits per heavy atom. The van der Waals surface area contributed by atoms with Gasteiger partial charge in [-0.15, -0.1) is 0 Å². The molecular formula is C23H20N2O6S. The minimum absolute atomic E-state index is 0.0507. The highest BCUT2D eigenvalue weighted by Gasteiger charge is 2.44. The van der Waals surface area contributed by atoms with E-state index in [1.807, 2.05) is 30.3 Å². The number of rotatable bonds is 7. The van der Waals surface area contributed by atoms with Gasteiger partial charge in [0.15, 0.2) is 10.6 Å². The molecule has 2 aromatic carbocycles. The van der Waals surface area contributed by atoms with E-state index in [4.69, 9.17) is 9.52 Å². The highest BCUT2D eigenvalue weighted by Crippen LogP contribution is 2.31. The third-order valence-corrected chi connectivity index (χ3v) is 7.02.